The number of hydrogen-bond acceptors (Lipinski definition) is 10. The number of rotatable bonds is 10. The first-order chi connectivity index (χ1) is 19.5. The average Bonchev–Trinajstić information content (AvgIpc) is 2.96. The first-order valence-electron chi connectivity index (χ1n) is 13.0. The Kier molecular flexibility index (Phi) is 8.74. The molecule has 1 aliphatic rings. The molecule has 10 nitrogen and oxygen atoms in total. The SMILES string of the molecule is CC1CN(CCNc2nc(N/N=C/c3ccc(Nc4ccc(-c5cccc(O)c5)cc4)cn3)ncc2F)CCO1. The van der Waals surface area contributed by atoms with Gasteiger partial charge in [-0.15, -0.1) is 0 Å². The van der Waals surface area contributed by atoms with Crippen LogP contribution in [-0.4, -0.2) is 70.1 Å². The quantitative estimate of drug-likeness (QED) is 0.167. The Bertz CT molecular complexity index is 1430. The van der Waals surface area contributed by atoms with Crippen molar-refractivity contribution in [2.45, 2.75) is 13.0 Å². The van der Waals surface area contributed by atoms with Crippen LogP contribution in [0.25, 0.3) is 11.1 Å². The van der Waals surface area contributed by atoms with Gasteiger partial charge in [-0.25, -0.2) is 14.8 Å². The molecule has 0 spiro atoms. The highest BCUT2D eigenvalue weighted by Crippen LogP contribution is 2.25. The van der Waals surface area contributed by atoms with E-state index in [0.717, 1.165) is 48.3 Å². The molecule has 1 saturated heterocycles. The highest BCUT2D eigenvalue weighted by Gasteiger charge is 2.16. The van der Waals surface area contributed by atoms with Crippen molar-refractivity contribution in [2.75, 3.05) is 48.8 Å². The number of nitrogens with zero attached hydrogens (tertiary/aromatic N) is 5. The van der Waals surface area contributed by atoms with Crippen LogP contribution in [0, 0.1) is 5.82 Å². The van der Waals surface area contributed by atoms with Gasteiger partial charge in [0.05, 0.1) is 42.7 Å². The number of phenolic OH excluding ortho intramolecular Hbond substituents is 1. The number of phenols is 1. The second-order valence-corrected chi connectivity index (χ2v) is 9.39. The van der Waals surface area contributed by atoms with Gasteiger partial charge in [-0.1, -0.05) is 24.3 Å². The Balaban J connectivity index is 1.11. The molecule has 1 unspecified atom stereocenters. The second-order valence-electron chi connectivity index (χ2n) is 9.39. The zero-order chi connectivity index (χ0) is 27.7. The molecule has 2 aromatic heterocycles. The number of pyridine rings is 1. The molecular formula is C29H31FN8O2. The summed E-state index contributed by atoms with van der Waals surface area (Å²) < 4.78 is 19.7. The molecule has 3 heterocycles. The smallest absolute Gasteiger partial charge is 0.245 e. The maximum atomic E-state index is 14.2. The van der Waals surface area contributed by atoms with Gasteiger partial charge in [0.15, 0.2) is 11.6 Å². The number of hydrazone groups is 1. The lowest BCUT2D eigenvalue weighted by molar-refractivity contribution is -0.0167. The summed E-state index contributed by atoms with van der Waals surface area (Å²) in [6.45, 7) is 5.78. The van der Waals surface area contributed by atoms with Gasteiger partial charge in [0.1, 0.15) is 5.75 Å². The number of nitrogens with one attached hydrogen (secondary N) is 3. The van der Waals surface area contributed by atoms with Crippen molar-refractivity contribution in [3.05, 3.63) is 84.6 Å². The lowest BCUT2D eigenvalue weighted by Crippen LogP contribution is -2.43. The van der Waals surface area contributed by atoms with Crippen molar-refractivity contribution in [3.63, 3.8) is 0 Å². The predicted octanol–water partition coefficient (Wildman–Crippen LogP) is 4.71. The molecule has 0 aliphatic carbocycles. The fraction of sp³-hybridized carbons (Fsp3) is 0.241. The number of ether oxygens (including phenoxy) is 1. The van der Waals surface area contributed by atoms with Gasteiger partial charge < -0.3 is 20.5 Å². The minimum atomic E-state index is -0.524. The molecule has 206 valence electrons. The van der Waals surface area contributed by atoms with E-state index >= 15 is 0 Å². The Labute approximate surface area is 232 Å². The van der Waals surface area contributed by atoms with Gasteiger partial charge in [-0.2, -0.15) is 10.1 Å². The number of morpholine rings is 1. The molecule has 0 radical (unpaired) electrons. The molecule has 0 amide bonds. The van der Waals surface area contributed by atoms with Crippen molar-refractivity contribution in [3.8, 4) is 16.9 Å². The minimum Gasteiger partial charge on any atom is -0.508 e. The number of aromatic nitrogens is 3. The molecule has 11 heteroatoms. The summed E-state index contributed by atoms with van der Waals surface area (Å²) in [7, 11) is 0. The Hall–Kier alpha value is -4.61. The van der Waals surface area contributed by atoms with Crippen LogP contribution in [0.3, 0.4) is 0 Å². The largest absolute Gasteiger partial charge is 0.508 e. The molecule has 1 fully saturated rings. The molecule has 40 heavy (non-hydrogen) atoms. The summed E-state index contributed by atoms with van der Waals surface area (Å²) in [5.41, 5.74) is 7.03. The lowest BCUT2D eigenvalue weighted by atomic mass is 10.1. The van der Waals surface area contributed by atoms with E-state index in [-0.39, 0.29) is 23.6 Å². The number of aromatic hydroxyl groups is 1. The molecule has 2 aromatic carbocycles. The molecule has 4 N–H and O–H groups in total. The number of hydrogen-bond donors (Lipinski definition) is 4. The van der Waals surface area contributed by atoms with Gasteiger partial charge in [0.25, 0.3) is 0 Å². The van der Waals surface area contributed by atoms with Crippen LogP contribution in [0.15, 0.2) is 78.2 Å². The van der Waals surface area contributed by atoms with Crippen LogP contribution in [0.1, 0.15) is 12.6 Å². The van der Waals surface area contributed by atoms with Gasteiger partial charge in [0.2, 0.25) is 5.95 Å². The summed E-state index contributed by atoms with van der Waals surface area (Å²) in [4.78, 5) is 14.8. The van der Waals surface area contributed by atoms with Crippen LogP contribution in [0.4, 0.5) is 27.5 Å². The van der Waals surface area contributed by atoms with E-state index in [1.165, 1.54) is 6.21 Å². The van der Waals surface area contributed by atoms with E-state index in [1.54, 1.807) is 18.3 Å². The van der Waals surface area contributed by atoms with Crippen molar-refractivity contribution in [2.24, 2.45) is 5.10 Å². The highest BCUT2D eigenvalue weighted by molar-refractivity contribution is 5.78. The van der Waals surface area contributed by atoms with E-state index in [9.17, 15) is 9.50 Å². The fourth-order valence-electron chi connectivity index (χ4n) is 4.28. The lowest BCUT2D eigenvalue weighted by Gasteiger charge is -2.31. The van der Waals surface area contributed by atoms with Crippen molar-refractivity contribution >= 4 is 29.4 Å². The third-order valence-corrected chi connectivity index (χ3v) is 6.29. The number of halogens is 1. The van der Waals surface area contributed by atoms with E-state index in [1.807, 2.05) is 55.5 Å². The molecule has 0 bridgehead atoms. The van der Waals surface area contributed by atoms with Crippen LogP contribution in [0.5, 0.6) is 5.75 Å². The predicted molar refractivity (Wildman–Crippen MR) is 155 cm³/mol. The Morgan fingerprint density at radius 2 is 1.93 bits per heavy atom. The first-order valence-corrected chi connectivity index (χ1v) is 13.0. The average molecular weight is 543 g/mol. The van der Waals surface area contributed by atoms with E-state index < -0.39 is 5.82 Å². The van der Waals surface area contributed by atoms with Crippen LogP contribution in [0.2, 0.25) is 0 Å². The van der Waals surface area contributed by atoms with Crippen molar-refractivity contribution < 1.29 is 14.2 Å². The van der Waals surface area contributed by atoms with E-state index in [2.05, 4.69) is 41.0 Å². The summed E-state index contributed by atoms with van der Waals surface area (Å²) in [5.74, 6) is 0.00939. The standard InChI is InChI=1S/C29H31FN8O2/c1-20-19-38(13-14-40-20)12-11-31-28-27(30)18-33-29(36-28)37-34-17-24-9-10-25(16-32-24)35-23-7-5-21(6-8-23)22-3-2-4-26(39)15-22/h2-10,15-18,20,35,39H,11-14,19H2,1H3,(H2,31,33,36,37)/b34-17+. The van der Waals surface area contributed by atoms with Gasteiger partial charge in [0, 0.05) is 31.9 Å². The summed E-state index contributed by atoms with van der Waals surface area (Å²) >= 11 is 0. The van der Waals surface area contributed by atoms with Gasteiger partial charge in [-0.3, -0.25) is 9.88 Å². The topological polar surface area (TPSA) is 120 Å². The first kappa shape index (κ1) is 27.0. The molecule has 1 atom stereocenters. The summed E-state index contributed by atoms with van der Waals surface area (Å²) in [6, 6.07) is 18.8. The monoisotopic (exact) mass is 542 g/mol. The number of anilines is 4. The van der Waals surface area contributed by atoms with Crippen LogP contribution >= 0.6 is 0 Å². The molecule has 0 saturated carbocycles. The third kappa shape index (κ3) is 7.49. The van der Waals surface area contributed by atoms with Crippen LogP contribution in [-0.2, 0) is 4.74 Å². The molecule has 4 aromatic rings. The maximum absolute atomic E-state index is 14.2. The highest BCUT2D eigenvalue weighted by atomic mass is 19.1. The second kappa shape index (κ2) is 13.0. The van der Waals surface area contributed by atoms with Crippen molar-refractivity contribution in [1.29, 1.82) is 0 Å². The fourth-order valence-corrected chi connectivity index (χ4v) is 4.28. The third-order valence-electron chi connectivity index (χ3n) is 6.29. The number of benzene rings is 2. The molecular weight excluding hydrogens is 511 g/mol. The Morgan fingerprint density at radius 1 is 1.07 bits per heavy atom. The van der Waals surface area contributed by atoms with Gasteiger partial charge in [-0.05, 0) is 54.4 Å². The molecule has 5 rings (SSSR count). The van der Waals surface area contributed by atoms with Gasteiger partial charge >= 0.3 is 0 Å². The Morgan fingerprint density at radius 3 is 2.70 bits per heavy atom. The minimum absolute atomic E-state index is 0.123. The van der Waals surface area contributed by atoms with E-state index in [0.29, 0.717) is 18.8 Å². The zero-order valence-corrected chi connectivity index (χ0v) is 22.1. The molecule has 1 aliphatic heterocycles. The van der Waals surface area contributed by atoms with Crippen molar-refractivity contribution in [1.82, 2.24) is 19.9 Å². The zero-order valence-electron chi connectivity index (χ0n) is 22.1. The van der Waals surface area contributed by atoms with Crippen LogP contribution < -0.4 is 16.1 Å². The summed E-state index contributed by atoms with van der Waals surface area (Å²) in [5, 5.41) is 20.2. The van der Waals surface area contributed by atoms with E-state index in [4.69, 9.17) is 4.74 Å². The summed E-state index contributed by atoms with van der Waals surface area (Å²) in [6.07, 6.45) is 4.55. The normalized spacial score (nSPS) is 15.7. The maximum Gasteiger partial charge on any atom is 0.245 e.